The molecule has 0 aliphatic heterocycles. The van der Waals surface area contributed by atoms with Crippen molar-refractivity contribution < 1.29 is 0 Å². The fraction of sp³-hybridized carbons (Fsp3) is 0. The Hall–Kier alpha value is -2.94. The molecule has 2 aliphatic rings. The second kappa shape index (κ2) is 6.30. The topological polar surface area (TPSA) is 0 Å². The summed E-state index contributed by atoms with van der Waals surface area (Å²) in [6.45, 7) is 0. The second-order valence-electron chi connectivity index (χ2n) is 7.01. The van der Waals surface area contributed by atoms with Gasteiger partial charge in [-0.1, -0.05) is 66.7 Å². The van der Waals surface area contributed by atoms with E-state index in [1.165, 1.54) is 52.2 Å². The number of rotatable bonds is 2. The predicted octanol–water partition coefficient (Wildman–Crippen LogP) is 8.55. The Bertz CT molecular complexity index is 1250. The zero-order valence-corrected chi connectivity index (χ0v) is 16.7. The van der Waals surface area contributed by atoms with Crippen molar-refractivity contribution in [2.45, 2.75) is 0 Å². The molecule has 0 spiro atoms. The summed E-state index contributed by atoms with van der Waals surface area (Å²) in [6.07, 6.45) is 0. The van der Waals surface area contributed by atoms with Gasteiger partial charge in [-0.05, 0) is 52.2 Å². The van der Waals surface area contributed by atoms with E-state index in [9.17, 15) is 0 Å². The van der Waals surface area contributed by atoms with E-state index in [4.69, 9.17) is 0 Å². The predicted molar refractivity (Wildman–Crippen MR) is 125 cm³/mol. The second-order valence-corrected chi connectivity index (χ2v) is 9.17. The molecular formula is C26H16S2. The summed E-state index contributed by atoms with van der Waals surface area (Å²) in [5.41, 5.74) is 5.31. The average Bonchev–Trinajstić information content (AvgIpc) is 3.38. The van der Waals surface area contributed by atoms with E-state index in [-0.39, 0.29) is 0 Å². The van der Waals surface area contributed by atoms with Gasteiger partial charge in [-0.15, -0.1) is 22.7 Å². The highest BCUT2D eigenvalue weighted by Crippen LogP contribution is 2.48. The van der Waals surface area contributed by atoms with Crippen LogP contribution in [0, 0.1) is 0 Å². The van der Waals surface area contributed by atoms with Crippen molar-refractivity contribution in [2.24, 2.45) is 0 Å². The Morgan fingerprint density at radius 3 is 1.36 bits per heavy atom. The van der Waals surface area contributed by atoms with Gasteiger partial charge in [0.05, 0.1) is 0 Å². The van der Waals surface area contributed by atoms with Crippen LogP contribution in [0.5, 0.6) is 0 Å². The van der Waals surface area contributed by atoms with E-state index in [0.29, 0.717) is 0 Å². The van der Waals surface area contributed by atoms with E-state index >= 15 is 0 Å². The molecule has 2 heterocycles. The Balaban J connectivity index is 1.62. The van der Waals surface area contributed by atoms with Crippen LogP contribution in [0.25, 0.3) is 52.2 Å². The van der Waals surface area contributed by atoms with Crippen LogP contribution in [0.15, 0.2) is 97.1 Å². The fourth-order valence-electron chi connectivity index (χ4n) is 3.95. The van der Waals surface area contributed by atoms with Crippen LogP contribution in [0.4, 0.5) is 0 Å². The maximum absolute atomic E-state index is 2.39. The molecule has 0 saturated heterocycles. The lowest BCUT2D eigenvalue weighted by atomic mass is 10.1. The van der Waals surface area contributed by atoms with Crippen LogP contribution in [0.2, 0.25) is 0 Å². The first kappa shape index (κ1) is 16.1. The van der Waals surface area contributed by atoms with Crippen LogP contribution in [0.1, 0.15) is 0 Å². The van der Waals surface area contributed by atoms with Crippen molar-refractivity contribution in [1.29, 1.82) is 0 Å². The highest BCUT2D eigenvalue weighted by atomic mass is 32.1. The van der Waals surface area contributed by atoms with Crippen molar-refractivity contribution in [1.82, 2.24) is 0 Å². The molecule has 2 aromatic carbocycles. The molecule has 28 heavy (non-hydrogen) atoms. The Morgan fingerprint density at radius 2 is 0.857 bits per heavy atom. The van der Waals surface area contributed by atoms with Crippen molar-refractivity contribution >= 4 is 42.8 Å². The average molecular weight is 393 g/mol. The van der Waals surface area contributed by atoms with Crippen LogP contribution in [0.3, 0.4) is 0 Å². The first-order valence-corrected chi connectivity index (χ1v) is 11.0. The first-order chi connectivity index (χ1) is 13.9. The van der Waals surface area contributed by atoms with Gasteiger partial charge in [0.1, 0.15) is 0 Å². The largest absolute Gasteiger partial charge is 0.135 e. The molecule has 0 bridgehead atoms. The number of fused-ring (bicyclic) bond motifs is 3. The lowest BCUT2D eigenvalue weighted by molar-refractivity contribution is 1.81. The molecule has 0 unspecified atom stereocenters. The van der Waals surface area contributed by atoms with Crippen LogP contribution in [-0.2, 0) is 0 Å². The van der Waals surface area contributed by atoms with E-state index in [1.54, 1.807) is 0 Å². The van der Waals surface area contributed by atoms with Gasteiger partial charge in [0.15, 0.2) is 0 Å². The third-order valence-electron chi connectivity index (χ3n) is 5.29. The molecule has 0 saturated carbocycles. The maximum Gasteiger partial charge on any atom is 0.0361 e. The van der Waals surface area contributed by atoms with Crippen molar-refractivity contribution in [2.75, 3.05) is 0 Å². The summed E-state index contributed by atoms with van der Waals surface area (Å²) in [5, 5.41) is 2.64. The molecule has 2 aromatic heterocycles. The van der Waals surface area contributed by atoms with Gasteiger partial charge in [-0.2, -0.15) is 0 Å². The minimum absolute atomic E-state index is 1.32. The standard InChI is InChI=1S/C26H16S2/c1-2-10-19-20(11-3-1)22(26-15-18-9-5-7-13-24(18)28-26)16-21(19)25-14-17-8-4-6-12-23(17)27-25/h1-16H. The summed E-state index contributed by atoms with van der Waals surface area (Å²) >= 11 is 3.76. The molecule has 0 atom stereocenters. The smallest absolute Gasteiger partial charge is 0.0361 e. The first-order valence-electron chi connectivity index (χ1n) is 9.36. The number of hydrogen-bond acceptors (Lipinski definition) is 2. The van der Waals surface area contributed by atoms with Crippen molar-refractivity contribution in [3.63, 3.8) is 0 Å². The van der Waals surface area contributed by atoms with Gasteiger partial charge in [0.25, 0.3) is 0 Å². The molecule has 2 heteroatoms. The lowest BCUT2D eigenvalue weighted by Crippen LogP contribution is -1.72. The Labute approximate surface area is 171 Å². The van der Waals surface area contributed by atoms with E-state index in [1.807, 2.05) is 22.7 Å². The monoisotopic (exact) mass is 392 g/mol. The number of thiophene rings is 2. The zero-order valence-electron chi connectivity index (χ0n) is 15.1. The molecule has 0 fully saturated rings. The third kappa shape index (κ3) is 2.50. The minimum Gasteiger partial charge on any atom is -0.135 e. The van der Waals surface area contributed by atoms with E-state index in [0.717, 1.165) is 0 Å². The van der Waals surface area contributed by atoms with Gasteiger partial charge in [0.2, 0.25) is 0 Å². The molecule has 0 radical (unpaired) electrons. The molecule has 0 nitrogen and oxygen atoms in total. The van der Waals surface area contributed by atoms with E-state index < -0.39 is 0 Å². The summed E-state index contributed by atoms with van der Waals surface area (Å²) in [5.74, 6) is 0. The van der Waals surface area contributed by atoms with Gasteiger partial charge in [0, 0.05) is 30.3 Å². The third-order valence-corrected chi connectivity index (χ3v) is 7.59. The molecule has 0 N–H and O–H groups in total. The summed E-state index contributed by atoms with van der Waals surface area (Å²) < 4.78 is 2.69. The molecular weight excluding hydrogens is 376 g/mol. The highest BCUT2D eigenvalue weighted by molar-refractivity contribution is 7.22. The molecule has 0 amide bonds. The minimum atomic E-state index is 1.32. The van der Waals surface area contributed by atoms with Crippen molar-refractivity contribution in [3.05, 3.63) is 97.1 Å². The number of hydrogen-bond donors (Lipinski definition) is 0. The van der Waals surface area contributed by atoms with Gasteiger partial charge in [-0.3, -0.25) is 0 Å². The fourth-order valence-corrected chi connectivity index (χ4v) is 6.14. The Morgan fingerprint density at radius 1 is 0.393 bits per heavy atom. The van der Waals surface area contributed by atoms with Crippen molar-refractivity contribution in [3.8, 4) is 32.0 Å². The Kier molecular flexibility index (Phi) is 3.61. The molecule has 4 aromatic rings. The SMILES string of the molecule is c1ccc2c(-c3cc4ccccc4s3)cc(-c3cc4ccccc4s3)c-2cc1. The van der Waals surface area contributed by atoms with Gasteiger partial charge >= 0.3 is 0 Å². The van der Waals surface area contributed by atoms with Crippen LogP contribution >= 0.6 is 22.7 Å². The summed E-state index contributed by atoms with van der Waals surface area (Å²) in [7, 11) is 0. The molecule has 132 valence electrons. The van der Waals surface area contributed by atoms with E-state index in [2.05, 4.69) is 97.1 Å². The maximum atomic E-state index is 2.39. The van der Waals surface area contributed by atoms with Gasteiger partial charge < -0.3 is 0 Å². The molecule has 6 rings (SSSR count). The highest BCUT2D eigenvalue weighted by Gasteiger charge is 2.19. The lowest BCUT2D eigenvalue weighted by Gasteiger charge is -1.99. The van der Waals surface area contributed by atoms with Crippen LogP contribution in [-0.4, -0.2) is 0 Å². The van der Waals surface area contributed by atoms with Gasteiger partial charge in [-0.25, -0.2) is 0 Å². The summed E-state index contributed by atoms with van der Waals surface area (Å²) in [6, 6.07) is 35.3. The summed E-state index contributed by atoms with van der Waals surface area (Å²) in [4.78, 5) is 2.68. The number of benzene rings is 2. The quantitative estimate of drug-likeness (QED) is 0.277. The zero-order chi connectivity index (χ0) is 18.5. The molecule has 2 aliphatic carbocycles. The van der Waals surface area contributed by atoms with Crippen LogP contribution < -0.4 is 0 Å². The normalized spacial score (nSPS) is 11.6.